The van der Waals surface area contributed by atoms with Crippen LogP contribution in [0.3, 0.4) is 0 Å². The molecule has 24 heavy (non-hydrogen) atoms. The third-order valence-corrected chi connectivity index (χ3v) is 4.92. The topological polar surface area (TPSA) is 48.5 Å². The minimum atomic E-state index is -0.0883. The van der Waals surface area contributed by atoms with Gasteiger partial charge in [0.25, 0.3) is 0 Å². The van der Waals surface area contributed by atoms with E-state index in [0.717, 1.165) is 50.3 Å². The Bertz CT molecular complexity index is 604. The standard InChI is InChI=1S/C19H26N4O/c1-2-10-22-11-4-3-7-17(22)19(24)21-15-16-8-9-20-18(14-16)23-12-5-6-13-23/h1,8-9,14,17H,3-7,10-13,15H2,(H,21,24)/t17-/m0/s1. The number of carbonyl (C=O) groups excluding carboxylic acids is 1. The summed E-state index contributed by atoms with van der Waals surface area (Å²) < 4.78 is 0. The highest BCUT2D eigenvalue weighted by atomic mass is 16.2. The Kier molecular flexibility index (Phi) is 5.71. The van der Waals surface area contributed by atoms with Crippen LogP contribution in [0, 0.1) is 12.3 Å². The second-order valence-electron chi connectivity index (χ2n) is 6.62. The molecule has 1 N–H and O–H groups in total. The number of hydrogen-bond acceptors (Lipinski definition) is 4. The molecule has 5 heteroatoms. The summed E-state index contributed by atoms with van der Waals surface area (Å²) in [4.78, 5) is 21.4. The zero-order valence-electron chi connectivity index (χ0n) is 14.2. The fourth-order valence-corrected chi connectivity index (χ4v) is 3.59. The molecule has 1 aromatic rings. The first-order valence-corrected chi connectivity index (χ1v) is 8.93. The largest absolute Gasteiger partial charge is 0.357 e. The average Bonchev–Trinajstić information content (AvgIpc) is 3.15. The van der Waals surface area contributed by atoms with E-state index in [1.54, 1.807) is 0 Å². The van der Waals surface area contributed by atoms with Crippen molar-refractivity contribution in [3.63, 3.8) is 0 Å². The number of nitrogens with one attached hydrogen (secondary N) is 1. The highest BCUT2D eigenvalue weighted by Gasteiger charge is 2.27. The molecule has 0 unspecified atom stereocenters. The molecule has 2 fully saturated rings. The maximum Gasteiger partial charge on any atom is 0.237 e. The molecule has 2 aliphatic heterocycles. The van der Waals surface area contributed by atoms with Crippen LogP contribution < -0.4 is 10.2 Å². The number of rotatable bonds is 5. The van der Waals surface area contributed by atoms with Crippen LogP contribution in [0.5, 0.6) is 0 Å². The number of nitrogens with zero attached hydrogens (tertiary/aromatic N) is 3. The number of anilines is 1. The maximum atomic E-state index is 12.6. The summed E-state index contributed by atoms with van der Waals surface area (Å²) in [7, 11) is 0. The number of terminal acetylenes is 1. The second-order valence-corrected chi connectivity index (χ2v) is 6.62. The first-order chi connectivity index (χ1) is 11.8. The van der Waals surface area contributed by atoms with Gasteiger partial charge in [0.1, 0.15) is 5.82 Å². The van der Waals surface area contributed by atoms with Crippen molar-refractivity contribution in [3.05, 3.63) is 23.9 Å². The van der Waals surface area contributed by atoms with Gasteiger partial charge in [0.15, 0.2) is 0 Å². The predicted octanol–water partition coefficient (Wildman–Crippen LogP) is 1.79. The van der Waals surface area contributed by atoms with Gasteiger partial charge in [0, 0.05) is 25.8 Å². The number of amides is 1. The number of piperidine rings is 1. The number of hydrogen-bond donors (Lipinski definition) is 1. The monoisotopic (exact) mass is 326 g/mol. The van der Waals surface area contributed by atoms with Crippen molar-refractivity contribution < 1.29 is 4.79 Å². The van der Waals surface area contributed by atoms with Gasteiger partial charge in [0.2, 0.25) is 5.91 Å². The molecule has 0 radical (unpaired) electrons. The summed E-state index contributed by atoms with van der Waals surface area (Å²) in [5.41, 5.74) is 1.10. The molecule has 3 heterocycles. The second kappa shape index (κ2) is 8.16. The van der Waals surface area contributed by atoms with Crippen molar-refractivity contribution in [3.8, 4) is 12.3 Å². The molecule has 1 atom stereocenters. The molecular formula is C19H26N4O. The average molecular weight is 326 g/mol. The van der Waals surface area contributed by atoms with E-state index >= 15 is 0 Å². The van der Waals surface area contributed by atoms with E-state index in [9.17, 15) is 4.79 Å². The third kappa shape index (κ3) is 4.07. The number of carbonyl (C=O) groups is 1. The fraction of sp³-hybridized carbons (Fsp3) is 0.579. The molecule has 2 aliphatic rings. The fourth-order valence-electron chi connectivity index (χ4n) is 3.59. The number of aromatic nitrogens is 1. The SMILES string of the molecule is C#CCN1CCCC[C@H]1C(=O)NCc1ccnc(N2CCCC2)c1. The first-order valence-electron chi connectivity index (χ1n) is 8.93. The van der Waals surface area contributed by atoms with E-state index in [1.807, 2.05) is 12.3 Å². The zero-order chi connectivity index (χ0) is 16.8. The highest BCUT2D eigenvalue weighted by Crippen LogP contribution is 2.19. The van der Waals surface area contributed by atoms with Crippen molar-refractivity contribution in [2.24, 2.45) is 0 Å². The normalized spacial score (nSPS) is 21.5. The van der Waals surface area contributed by atoms with Crippen LogP contribution in [0.15, 0.2) is 18.3 Å². The molecule has 0 aliphatic carbocycles. The van der Waals surface area contributed by atoms with E-state index in [2.05, 4.69) is 32.1 Å². The number of likely N-dealkylation sites (tertiary alicyclic amines) is 1. The van der Waals surface area contributed by atoms with E-state index in [4.69, 9.17) is 6.42 Å². The van der Waals surface area contributed by atoms with E-state index in [1.165, 1.54) is 12.8 Å². The smallest absolute Gasteiger partial charge is 0.237 e. The van der Waals surface area contributed by atoms with Gasteiger partial charge < -0.3 is 10.2 Å². The summed E-state index contributed by atoms with van der Waals surface area (Å²) in [6.07, 6.45) is 12.8. The summed E-state index contributed by atoms with van der Waals surface area (Å²) >= 11 is 0. The van der Waals surface area contributed by atoms with Crippen molar-refractivity contribution >= 4 is 11.7 Å². The lowest BCUT2D eigenvalue weighted by Crippen LogP contribution is -2.49. The van der Waals surface area contributed by atoms with Gasteiger partial charge in [0.05, 0.1) is 12.6 Å². The van der Waals surface area contributed by atoms with Gasteiger partial charge in [-0.1, -0.05) is 12.3 Å². The molecule has 5 nitrogen and oxygen atoms in total. The van der Waals surface area contributed by atoms with Gasteiger partial charge in [-0.3, -0.25) is 9.69 Å². The summed E-state index contributed by atoms with van der Waals surface area (Å²) in [6, 6.07) is 3.97. The van der Waals surface area contributed by atoms with Crippen LogP contribution >= 0.6 is 0 Å². The van der Waals surface area contributed by atoms with E-state index in [0.29, 0.717) is 13.1 Å². The van der Waals surface area contributed by atoms with Crippen LogP contribution in [0.1, 0.15) is 37.7 Å². The third-order valence-electron chi connectivity index (χ3n) is 4.92. The van der Waals surface area contributed by atoms with Crippen LogP contribution in [-0.2, 0) is 11.3 Å². The van der Waals surface area contributed by atoms with Crippen LogP contribution in [0.25, 0.3) is 0 Å². The molecule has 3 rings (SSSR count). The van der Waals surface area contributed by atoms with E-state index in [-0.39, 0.29) is 11.9 Å². The predicted molar refractivity (Wildman–Crippen MR) is 95.6 cm³/mol. The first kappa shape index (κ1) is 16.8. The Hall–Kier alpha value is -2.06. The quantitative estimate of drug-likeness (QED) is 0.838. The Morgan fingerprint density at radius 2 is 2.08 bits per heavy atom. The Labute approximate surface area is 144 Å². The van der Waals surface area contributed by atoms with Crippen LogP contribution in [0.4, 0.5) is 5.82 Å². The van der Waals surface area contributed by atoms with Gasteiger partial charge in [-0.05, 0) is 49.9 Å². The van der Waals surface area contributed by atoms with Gasteiger partial charge in [-0.2, -0.15) is 0 Å². The maximum absolute atomic E-state index is 12.6. The summed E-state index contributed by atoms with van der Waals surface area (Å²) in [6.45, 7) is 4.16. The van der Waals surface area contributed by atoms with Crippen LogP contribution in [-0.4, -0.2) is 48.0 Å². The van der Waals surface area contributed by atoms with E-state index < -0.39 is 0 Å². The van der Waals surface area contributed by atoms with Crippen LogP contribution in [0.2, 0.25) is 0 Å². The number of pyridine rings is 1. The lowest BCUT2D eigenvalue weighted by molar-refractivity contribution is -0.127. The summed E-state index contributed by atoms with van der Waals surface area (Å²) in [5.74, 6) is 3.77. The Balaban J connectivity index is 1.57. The highest BCUT2D eigenvalue weighted by molar-refractivity contribution is 5.81. The minimum Gasteiger partial charge on any atom is -0.357 e. The Morgan fingerprint density at radius 3 is 2.88 bits per heavy atom. The van der Waals surface area contributed by atoms with Crippen molar-refractivity contribution in [1.29, 1.82) is 0 Å². The van der Waals surface area contributed by atoms with Crippen molar-refractivity contribution in [2.45, 2.75) is 44.7 Å². The zero-order valence-corrected chi connectivity index (χ0v) is 14.2. The molecule has 1 amide bonds. The molecule has 1 aromatic heterocycles. The van der Waals surface area contributed by atoms with Gasteiger partial charge in [-0.15, -0.1) is 6.42 Å². The van der Waals surface area contributed by atoms with Crippen molar-refractivity contribution in [2.75, 3.05) is 31.1 Å². The Morgan fingerprint density at radius 1 is 1.29 bits per heavy atom. The lowest BCUT2D eigenvalue weighted by Gasteiger charge is -2.33. The minimum absolute atomic E-state index is 0.0875. The van der Waals surface area contributed by atoms with Gasteiger partial charge in [-0.25, -0.2) is 4.98 Å². The summed E-state index contributed by atoms with van der Waals surface area (Å²) in [5, 5.41) is 3.08. The molecule has 0 spiro atoms. The molecule has 0 saturated carbocycles. The van der Waals surface area contributed by atoms with Gasteiger partial charge >= 0.3 is 0 Å². The molecular weight excluding hydrogens is 300 g/mol. The molecule has 128 valence electrons. The lowest BCUT2D eigenvalue weighted by atomic mass is 10.0. The molecule has 0 bridgehead atoms. The molecule has 0 aromatic carbocycles. The molecule has 2 saturated heterocycles. The van der Waals surface area contributed by atoms with Crippen molar-refractivity contribution in [1.82, 2.24) is 15.2 Å².